The summed E-state index contributed by atoms with van der Waals surface area (Å²) in [7, 11) is 0. The molecule has 0 aromatic carbocycles. The Labute approximate surface area is 128 Å². The molecule has 3 heterocycles. The van der Waals surface area contributed by atoms with E-state index in [-0.39, 0.29) is 6.10 Å². The first-order valence-electron chi connectivity index (χ1n) is 8.63. The number of guanidine groups is 1. The molecule has 21 heavy (non-hydrogen) atoms. The van der Waals surface area contributed by atoms with Crippen molar-refractivity contribution >= 4 is 5.96 Å². The summed E-state index contributed by atoms with van der Waals surface area (Å²) in [5.74, 6) is 1.44. The summed E-state index contributed by atoms with van der Waals surface area (Å²) in [6.45, 7) is 8.24. The number of fused-ring (bicyclic) bond motifs is 1. The van der Waals surface area contributed by atoms with Gasteiger partial charge in [0.25, 0.3) is 0 Å². The van der Waals surface area contributed by atoms with Gasteiger partial charge < -0.3 is 15.4 Å². The molecule has 0 saturated carbocycles. The van der Waals surface area contributed by atoms with E-state index in [0.717, 1.165) is 32.2 Å². The number of aliphatic imine (C=N–C) groups is 1. The molecule has 0 bridgehead atoms. The molecule has 0 radical (unpaired) electrons. The van der Waals surface area contributed by atoms with Gasteiger partial charge in [0.05, 0.1) is 19.3 Å². The number of nitrogens with zero attached hydrogens (tertiary/aromatic N) is 3. The second kappa shape index (κ2) is 6.97. The van der Waals surface area contributed by atoms with Gasteiger partial charge in [0, 0.05) is 25.7 Å². The minimum Gasteiger partial charge on any atom is -0.373 e. The molecule has 2 N–H and O–H groups in total. The van der Waals surface area contributed by atoms with Crippen LogP contribution in [0.15, 0.2) is 4.99 Å². The smallest absolute Gasteiger partial charge is 0.191 e. The van der Waals surface area contributed by atoms with Crippen molar-refractivity contribution < 1.29 is 4.74 Å². The van der Waals surface area contributed by atoms with Gasteiger partial charge in [0.2, 0.25) is 0 Å². The Bertz CT molecular complexity index is 373. The lowest BCUT2D eigenvalue weighted by atomic mass is 10.0. The quantitative estimate of drug-likeness (QED) is 0.616. The van der Waals surface area contributed by atoms with E-state index in [0.29, 0.717) is 18.5 Å². The molecular weight excluding hydrogens is 264 g/mol. The van der Waals surface area contributed by atoms with Crippen molar-refractivity contribution in [3.8, 4) is 0 Å². The van der Waals surface area contributed by atoms with E-state index in [1.54, 1.807) is 0 Å². The molecule has 3 aliphatic heterocycles. The van der Waals surface area contributed by atoms with Crippen molar-refractivity contribution in [3.63, 3.8) is 0 Å². The molecule has 0 unspecified atom stereocenters. The third-order valence-corrected chi connectivity index (χ3v) is 5.15. The molecule has 0 aromatic rings. The lowest BCUT2D eigenvalue weighted by Gasteiger charge is -2.42. The zero-order chi connectivity index (χ0) is 14.7. The third-order valence-electron chi connectivity index (χ3n) is 5.15. The molecule has 0 aliphatic carbocycles. The molecule has 5 heteroatoms. The van der Waals surface area contributed by atoms with Gasteiger partial charge in [-0.05, 0) is 38.1 Å². The van der Waals surface area contributed by atoms with Crippen LogP contribution in [0.1, 0.15) is 39.0 Å². The number of nitrogens with two attached hydrogens (primary N) is 1. The Kier molecular flexibility index (Phi) is 5.01. The van der Waals surface area contributed by atoms with Crippen molar-refractivity contribution in [1.82, 2.24) is 9.80 Å². The normalized spacial score (nSPS) is 35.6. The first-order chi connectivity index (χ1) is 10.2. The summed E-state index contributed by atoms with van der Waals surface area (Å²) in [4.78, 5) is 9.44. The van der Waals surface area contributed by atoms with Crippen molar-refractivity contribution in [3.05, 3.63) is 0 Å². The van der Waals surface area contributed by atoms with Crippen molar-refractivity contribution in [2.45, 2.75) is 51.2 Å². The Hall–Kier alpha value is -0.810. The average molecular weight is 294 g/mol. The van der Waals surface area contributed by atoms with E-state index in [1.165, 1.54) is 38.6 Å². The van der Waals surface area contributed by atoms with Gasteiger partial charge in [0.1, 0.15) is 0 Å². The van der Waals surface area contributed by atoms with Crippen LogP contribution in [0.2, 0.25) is 0 Å². The fourth-order valence-electron chi connectivity index (χ4n) is 3.85. The van der Waals surface area contributed by atoms with Gasteiger partial charge in [-0.1, -0.05) is 13.3 Å². The van der Waals surface area contributed by atoms with Crippen molar-refractivity contribution in [2.75, 3.05) is 39.3 Å². The average Bonchev–Trinajstić information content (AvgIpc) is 2.52. The standard InChI is InChI=1S/C16H30N4O/c1-13-5-4-8-20(10-13)16(17)18-9-15-11-19-7-3-2-6-14(19)12-21-15/h13-15H,2-12H2,1H3,(H2,17,18)/t13-,14+,15-/m1/s1. The highest BCUT2D eigenvalue weighted by atomic mass is 16.5. The number of morpholine rings is 1. The molecule has 3 rings (SSSR count). The maximum absolute atomic E-state index is 6.17. The second-order valence-electron chi connectivity index (χ2n) is 6.99. The molecule has 5 nitrogen and oxygen atoms in total. The Morgan fingerprint density at radius 3 is 2.95 bits per heavy atom. The summed E-state index contributed by atoms with van der Waals surface area (Å²) >= 11 is 0. The van der Waals surface area contributed by atoms with Crippen LogP contribution < -0.4 is 5.73 Å². The maximum Gasteiger partial charge on any atom is 0.191 e. The Balaban J connectivity index is 1.48. The van der Waals surface area contributed by atoms with Gasteiger partial charge in [-0.3, -0.25) is 9.89 Å². The van der Waals surface area contributed by atoms with Crippen molar-refractivity contribution in [2.24, 2.45) is 16.6 Å². The SMILES string of the molecule is C[C@@H]1CCCN(C(N)=NC[C@@H]2CN3CCCC[C@H]3CO2)C1. The molecule has 3 aliphatic rings. The summed E-state index contributed by atoms with van der Waals surface area (Å²) in [5, 5.41) is 0. The van der Waals surface area contributed by atoms with Crippen LogP contribution in [-0.2, 0) is 4.74 Å². The minimum atomic E-state index is 0.222. The van der Waals surface area contributed by atoms with Gasteiger partial charge in [-0.2, -0.15) is 0 Å². The zero-order valence-corrected chi connectivity index (χ0v) is 13.3. The van der Waals surface area contributed by atoms with Gasteiger partial charge >= 0.3 is 0 Å². The van der Waals surface area contributed by atoms with Crippen LogP contribution in [0, 0.1) is 5.92 Å². The highest BCUT2D eigenvalue weighted by molar-refractivity contribution is 5.78. The summed E-state index contributed by atoms with van der Waals surface area (Å²) in [6.07, 6.45) is 6.75. The van der Waals surface area contributed by atoms with Crippen LogP contribution in [0.25, 0.3) is 0 Å². The van der Waals surface area contributed by atoms with E-state index < -0.39 is 0 Å². The number of hydrogen-bond donors (Lipinski definition) is 1. The second-order valence-corrected chi connectivity index (χ2v) is 6.99. The summed E-state index contributed by atoms with van der Waals surface area (Å²) < 4.78 is 5.98. The van der Waals surface area contributed by atoms with Gasteiger partial charge in [-0.15, -0.1) is 0 Å². The van der Waals surface area contributed by atoms with E-state index >= 15 is 0 Å². The van der Waals surface area contributed by atoms with Gasteiger partial charge in [-0.25, -0.2) is 0 Å². The number of ether oxygens (including phenoxy) is 1. The zero-order valence-electron chi connectivity index (χ0n) is 13.3. The first kappa shape index (κ1) is 15.1. The lowest BCUT2D eigenvalue weighted by Crippen LogP contribution is -2.52. The first-order valence-corrected chi connectivity index (χ1v) is 8.63. The van der Waals surface area contributed by atoms with Crippen LogP contribution in [0.4, 0.5) is 0 Å². The van der Waals surface area contributed by atoms with Crippen molar-refractivity contribution in [1.29, 1.82) is 0 Å². The highest BCUT2D eigenvalue weighted by Gasteiger charge is 2.30. The molecule has 0 spiro atoms. The predicted octanol–water partition coefficient (Wildman–Crippen LogP) is 1.29. The molecule has 120 valence electrons. The monoisotopic (exact) mass is 294 g/mol. The largest absolute Gasteiger partial charge is 0.373 e. The number of piperidine rings is 2. The minimum absolute atomic E-state index is 0.222. The molecule has 3 atom stereocenters. The Morgan fingerprint density at radius 2 is 2.10 bits per heavy atom. The van der Waals surface area contributed by atoms with Gasteiger partial charge in [0.15, 0.2) is 5.96 Å². The number of hydrogen-bond acceptors (Lipinski definition) is 3. The van der Waals surface area contributed by atoms with E-state index in [1.807, 2.05) is 0 Å². The number of likely N-dealkylation sites (tertiary alicyclic amines) is 1. The van der Waals surface area contributed by atoms with Crippen LogP contribution in [0.3, 0.4) is 0 Å². The fourth-order valence-corrected chi connectivity index (χ4v) is 3.85. The summed E-state index contributed by atoms with van der Waals surface area (Å²) in [5.41, 5.74) is 6.17. The maximum atomic E-state index is 6.17. The van der Waals surface area contributed by atoms with Crippen LogP contribution in [0.5, 0.6) is 0 Å². The molecular formula is C16H30N4O. The molecule has 3 saturated heterocycles. The predicted molar refractivity (Wildman–Crippen MR) is 85.4 cm³/mol. The number of rotatable bonds is 2. The third kappa shape index (κ3) is 3.89. The topological polar surface area (TPSA) is 54.1 Å². The molecule has 3 fully saturated rings. The Morgan fingerprint density at radius 1 is 1.19 bits per heavy atom. The van der Waals surface area contributed by atoms with E-state index in [4.69, 9.17) is 10.5 Å². The van der Waals surface area contributed by atoms with Crippen LogP contribution in [-0.4, -0.2) is 67.2 Å². The van der Waals surface area contributed by atoms with E-state index in [2.05, 4.69) is 21.7 Å². The van der Waals surface area contributed by atoms with E-state index in [9.17, 15) is 0 Å². The molecule has 0 aromatic heterocycles. The van der Waals surface area contributed by atoms with Crippen LogP contribution >= 0.6 is 0 Å². The highest BCUT2D eigenvalue weighted by Crippen LogP contribution is 2.22. The fraction of sp³-hybridized carbons (Fsp3) is 0.938. The summed E-state index contributed by atoms with van der Waals surface area (Å²) in [6, 6.07) is 0.652. The molecule has 0 amide bonds. The lowest BCUT2D eigenvalue weighted by molar-refractivity contribution is -0.0703.